The fourth-order valence-corrected chi connectivity index (χ4v) is 2.78. The number of amides is 1. The fraction of sp³-hybridized carbons (Fsp3) is 0.688. The molecular formula is C16H25ClN4O2. The lowest BCUT2D eigenvalue weighted by Crippen LogP contribution is -2.39. The number of carbonyl (C=O) groups is 1. The molecule has 0 saturated carbocycles. The van der Waals surface area contributed by atoms with Crippen molar-refractivity contribution < 1.29 is 9.53 Å². The van der Waals surface area contributed by atoms with Gasteiger partial charge in [0.25, 0.3) is 0 Å². The fourth-order valence-electron chi connectivity index (χ4n) is 2.64. The lowest BCUT2D eigenvalue weighted by atomic mass is 9.94. The summed E-state index contributed by atoms with van der Waals surface area (Å²) in [7, 11) is 0. The van der Waals surface area contributed by atoms with Gasteiger partial charge in [0, 0.05) is 25.8 Å². The van der Waals surface area contributed by atoms with Crippen molar-refractivity contribution in [1.29, 1.82) is 0 Å². The van der Waals surface area contributed by atoms with Crippen molar-refractivity contribution in [3.05, 3.63) is 17.5 Å². The van der Waals surface area contributed by atoms with Crippen LogP contribution in [0.3, 0.4) is 0 Å². The summed E-state index contributed by atoms with van der Waals surface area (Å²) in [5, 5.41) is 3.51. The van der Waals surface area contributed by atoms with Crippen molar-refractivity contribution in [3.8, 4) is 0 Å². The third-order valence-corrected chi connectivity index (χ3v) is 4.26. The highest BCUT2D eigenvalue weighted by atomic mass is 35.5. The molecular weight excluding hydrogens is 316 g/mol. The topological polar surface area (TPSA) is 67.3 Å². The van der Waals surface area contributed by atoms with E-state index in [2.05, 4.69) is 22.2 Å². The zero-order valence-electron chi connectivity index (χ0n) is 13.6. The van der Waals surface area contributed by atoms with E-state index >= 15 is 0 Å². The first-order chi connectivity index (χ1) is 11.2. The molecule has 1 fully saturated rings. The van der Waals surface area contributed by atoms with E-state index in [0.717, 1.165) is 57.6 Å². The number of aromatic nitrogens is 2. The van der Waals surface area contributed by atoms with E-state index in [-0.39, 0.29) is 11.4 Å². The second-order valence-corrected chi connectivity index (χ2v) is 6.16. The van der Waals surface area contributed by atoms with Crippen LogP contribution in [0.15, 0.2) is 12.3 Å². The highest BCUT2D eigenvalue weighted by molar-refractivity contribution is 6.28. The molecule has 1 aliphatic heterocycles. The molecule has 1 aliphatic rings. The predicted octanol–water partition coefficient (Wildman–Crippen LogP) is 3.58. The maximum atomic E-state index is 11.9. The molecule has 7 heteroatoms. The number of unbranched alkanes of at least 4 members (excludes halogenated alkanes) is 1. The predicted molar refractivity (Wildman–Crippen MR) is 90.7 cm³/mol. The minimum atomic E-state index is -0.161. The van der Waals surface area contributed by atoms with E-state index in [1.165, 1.54) is 0 Å². The van der Waals surface area contributed by atoms with Crippen LogP contribution in [0.25, 0.3) is 0 Å². The van der Waals surface area contributed by atoms with Crippen molar-refractivity contribution in [1.82, 2.24) is 14.9 Å². The Labute approximate surface area is 142 Å². The molecule has 23 heavy (non-hydrogen) atoms. The summed E-state index contributed by atoms with van der Waals surface area (Å²) in [5.74, 6) is 1.38. The molecule has 0 radical (unpaired) electrons. The highest BCUT2D eigenvalue weighted by Gasteiger charge is 2.23. The molecule has 0 aromatic carbocycles. The largest absolute Gasteiger partial charge is 0.449 e. The smallest absolute Gasteiger partial charge is 0.409 e. The maximum absolute atomic E-state index is 11.9. The van der Waals surface area contributed by atoms with Crippen molar-refractivity contribution in [3.63, 3.8) is 0 Å². The number of halogens is 1. The van der Waals surface area contributed by atoms with Crippen molar-refractivity contribution in [2.45, 2.75) is 39.0 Å². The number of piperidine rings is 1. The zero-order chi connectivity index (χ0) is 16.5. The molecule has 0 spiro atoms. The number of ether oxygens (including phenoxy) is 1. The summed E-state index contributed by atoms with van der Waals surface area (Å²) in [5.41, 5.74) is 0. The Kier molecular flexibility index (Phi) is 7.39. The molecule has 2 heterocycles. The van der Waals surface area contributed by atoms with E-state index in [1.807, 2.05) is 4.90 Å². The van der Waals surface area contributed by atoms with Gasteiger partial charge in [-0.3, -0.25) is 0 Å². The van der Waals surface area contributed by atoms with Gasteiger partial charge in [0.15, 0.2) is 0 Å². The molecule has 0 bridgehead atoms. The van der Waals surface area contributed by atoms with Gasteiger partial charge in [-0.15, -0.1) is 0 Å². The van der Waals surface area contributed by atoms with Crippen LogP contribution in [-0.2, 0) is 4.74 Å². The van der Waals surface area contributed by atoms with E-state index in [4.69, 9.17) is 16.3 Å². The number of carbonyl (C=O) groups excluding carboxylic acids is 1. The quantitative estimate of drug-likeness (QED) is 0.607. The number of nitrogens with one attached hydrogen (secondary N) is 1. The Bertz CT molecular complexity index is 493. The van der Waals surface area contributed by atoms with Crippen molar-refractivity contribution in [2.75, 3.05) is 31.6 Å². The van der Waals surface area contributed by atoms with Gasteiger partial charge in [0.05, 0.1) is 6.61 Å². The number of anilines is 1. The van der Waals surface area contributed by atoms with Crippen LogP contribution in [0.4, 0.5) is 10.6 Å². The first-order valence-electron chi connectivity index (χ1n) is 8.33. The van der Waals surface area contributed by atoms with Gasteiger partial charge < -0.3 is 15.0 Å². The molecule has 0 unspecified atom stereocenters. The van der Waals surface area contributed by atoms with Crippen molar-refractivity contribution in [2.24, 2.45) is 5.92 Å². The molecule has 1 amide bonds. The number of hydrogen-bond acceptors (Lipinski definition) is 5. The molecule has 2 rings (SSSR count). The highest BCUT2D eigenvalue weighted by Crippen LogP contribution is 2.21. The Morgan fingerprint density at radius 2 is 2.26 bits per heavy atom. The SMILES string of the molecule is CCCCOC(=O)N1CCC(CCNc2ccnc(Cl)n2)CC1. The Balaban J connectivity index is 1.62. The third kappa shape index (κ3) is 6.22. The second kappa shape index (κ2) is 9.55. The standard InChI is InChI=1S/C16H25ClN4O2/c1-2-3-12-23-16(22)21-10-6-13(7-11-21)4-8-18-14-5-9-19-15(17)20-14/h5,9,13H,2-4,6-8,10-12H2,1H3,(H,18,19,20). The summed E-state index contributed by atoms with van der Waals surface area (Å²) >= 11 is 5.75. The molecule has 1 aromatic rings. The van der Waals surface area contributed by atoms with Crippen LogP contribution in [-0.4, -0.2) is 47.2 Å². The van der Waals surface area contributed by atoms with Gasteiger partial charge in [-0.05, 0) is 49.3 Å². The van der Waals surface area contributed by atoms with Crippen LogP contribution < -0.4 is 5.32 Å². The molecule has 0 aliphatic carbocycles. The lowest BCUT2D eigenvalue weighted by molar-refractivity contribution is 0.0862. The van der Waals surface area contributed by atoms with Gasteiger partial charge in [0.2, 0.25) is 5.28 Å². The van der Waals surface area contributed by atoms with Gasteiger partial charge >= 0.3 is 6.09 Å². The number of nitrogens with zero attached hydrogens (tertiary/aromatic N) is 3. The molecule has 1 aromatic heterocycles. The number of likely N-dealkylation sites (tertiary alicyclic amines) is 1. The molecule has 128 valence electrons. The van der Waals surface area contributed by atoms with E-state index < -0.39 is 0 Å². The first kappa shape index (κ1) is 17.8. The van der Waals surface area contributed by atoms with Gasteiger partial charge in [-0.2, -0.15) is 0 Å². The second-order valence-electron chi connectivity index (χ2n) is 5.82. The zero-order valence-corrected chi connectivity index (χ0v) is 14.4. The van der Waals surface area contributed by atoms with Crippen LogP contribution in [0, 0.1) is 5.92 Å². The Hall–Kier alpha value is -1.56. The maximum Gasteiger partial charge on any atom is 0.409 e. The Morgan fingerprint density at radius 1 is 1.48 bits per heavy atom. The van der Waals surface area contributed by atoms with Crippen LogP contribution in [0.2, 0.25) is 5.28 Å². The van der Waals surface area contributed by atoms with Crippen LogP contribution in [0.1, 0.15) is 39.0 Å². The lowest BCUT2D eigenvalue weighted by Gasteiger charge is -2.31. The summed E-state index contributed by atoms with van der Waals surface area (Å²) in [6, 6.07) is 1.81. The monoisotopic (exact) mass is 340 g/mol. The van der Waals surface area contributed by atoms with Crippen LogP contribution in [0.5, 0.6) is 0 Å². The summed E-state index contributed by atoms with van der Waals surface area (Å²) in [6.45, 7) is 5.03. The van der Waals surface area contributed by atoms with Crippen molar-refractivity contribution >= 4 is 23.5 Å². The summed E-state index contributed by atoms with van der Waals surface area (Å²) in [4.78, 5) is 21.7. The minimum Gasteiger partial charge on any atom is -0.449 e. The molecule has 1 saturated heterocycles. The van der Waals surface area contributed by atoms with Gasteiger partial charge in [-0.25, -0.2) is 14.8 Å². The van der Waals surface area contributed by atoms with E-state index in [1.54, 1.807) is 12.3 Å². The van der Waals surface area contributed by atoms with Crippen LogP contribution >= 0.6 is 11.6 Å². The average Bonchev–Trinajstić information content (AvgIpc) is 2.56. The van der Waals surface area contributed by atoms with E-state index in [9.17, 15) is 4.79 Å². The Morgan fingerprint density at radius 3 is 2.96 bits per heavy atom. The van der Waals surface area contributed by atoms with E-state index in [0.29, 0.717) is 12.5 Å². The summed E-state index contributed by atoms with van der Waals surface area (Å²) in [6.07, 6.45) is 6.55. The third-order valence-electron chi connectivity index (χ3n) is 4.08. The average molecular weight is 341 g/mol. The molecule has 0 atom stereocenters. The minimum absolute atomic E-state index is 0.161. The van der Waals surface area contributed by atoms with Gasteiger partial charge in [0.1, 0.15) is 5.82 Å². The first-order valence-corrected chi connectivity index (χ1v) is 8.71. The van der Waals surface area contributed by atoms with Gasteiger partial charge in [-0.1, -0.05) is 13.3 Å². The number of hydrogen-bond donors (Lipinski definition) is 1. The number of rotatable bonds is 7. The molecule has 6 nitrogen and oxygen atoms in total. The normalized spacial score (nSPS) is 15.5. The summed E-state index contributed by atoms with van der Waals surface area (Å²) < 4.78 is 5.26. The molecule has 1 N–H and O–H groups in total.